The summed E-state index contributed by atoms with van der Waals surface area (Å²) >= 11 is 0. The lowest BCUT2D eigenvalue weighted by Crippen LogP contribution is -2.54. The van der Waals surface area contributed by atoms with Crippen LogP contribution in [0.25, 0.3) is 0 Å². The largest absolute Gasteiger partial charge is 0.395 e. The number of hydrogen-bond acceptors (Lipinski definition) is 4. The van der Waals surface area contributed by atoms with E-state index in [1.165, 1.54) is 12.8 Å². The zero-order chi connectivity index (χ0) is 21.1. The van der Waals surface area contributed by atoms with Gasteiger partial charge >= 0.3 is 0 Å². The number of aliphatic hydroxyl groups is 1. The zero-order valence-corrected chi connectivity index (χ0v) is 17.6. The van der Waals surface area contributed by atoms with Gasteiger partial charge in [-0.2, -0.15) is 0 Å². The summed E-state index contributed by atoms with van der Waals surface area (Å²) in [7, 11) is 0. The highest BCUT2D eigenvalue weighted by molar-refractivity contribution is 5.92. The van der Waals surface area contributed by atoms with Crippen molar-refractivity contribution in [1.82, 2.24) is 16.0 Å². The summed E-state index contributed by atoms with van der Waals surface area (Å²) in [5, 5.41) is 17.8. The zero-order valence-electron chi connectivity index (χ0n) is 17.6. The van der Waals surface area contributed by atoms with E-state index in [2.05, 4.69) is 28.1 Å². The van der Waals surface area contributed by atoms with Crippen LogP contribution in [0.4, 0.5) is 0 Å². The topological polar surface area (TPSA) is 108 Å². The van der Waals surface area contributed by atoms with Crippen LogP contribution < -0.4 is 16.0 Å². The number of amides is 3. The molecule has 0 spiro atoms. The van der Waals surface area contributed by atoms with E-state index in [1.807, 2.05) is 0 Å². The molecule has 0 aromatic rings. The molecule has 0 aromatic carbocycles. The molecule has 3 amide bonds. The van der Waals surface area contributed by atoms with Crippen LogP contribution in [0.5, 0.6) is 0 Å². The van der Waals surface area contributed by atoms with Gasteiger partial charge in [0.15, 0.2) is 0 Å². The van der Waals surface area contributed by atoms with Crippen molar-refractivity contribution in [3.63, 3.8) is 0 Å². The highest BCUT2D eigenvalue weighted by Crippen LogP contribution is 2.42. The molecule has 0 heterocycles. The fourth-order valence-corrected chi connectivity index (χ4v) is 5.64. The molecule has 2 bridgehead atoms. The van der Waals surface area contributed by atoms with Crippen LogP contribution in [0.1, 0.15) is 57.8 Å². The molecule has 5 rings (SSSR count). The molecule has 30 heavy (non-hydrogen) atoms. The molecular weight excluding hydrogens is 382 g/mol. The molecule has 0 radical (unpaired) electrons. The van der Waals surface area contributed by atoms with Crippen molar-refractivity contribution in [3.05, 3.63) is 12.2 Å². The summed E-state index contributed by atoms with van der Waals surface area (Å²) in [6, 6.07) is -0.0772. The number of allylic oxidation sites excluding steroid dienone is 2. The Morgan fingerprint density at radius 1 is 0.867 bits per heavy atom. The Labute approximate surface area is 178 Å². The lowest BCUT2D eigenvalue weighted by atomic mass is 9.68. The summed E-state index contributed by atoms with van der Waals surface area (Å²) in [6.45, 7) is 0.121. The minimum Gasteiger partial charge on any atom is -0.395 e. The Hall–Kier alpha value is -1.89. The van der Waals surface area contributed by atoms with Gasteiger partial charge in [-0.15, -0.1) is 0 Å². The highest BCUT2D eigenvalue weighted by Gasteiger charge is 2.48. The second-order valence-electron chi connectivity index (χ2n) is 9.62. The number of nitrogens with one attached hydrogen (secondary N) is 3. The van der Waals surface area contributed by atoms with Gasteiger partial charge in [0.25, 0.3) is 0 Å². The van der Waals surface area contributed by atoms with Crippen LogP contribution in [-0.4, -0.2) is 48.1 Å². The standard InChI is InChI=1S/C23H35N3O4/c27-10-9-24-22(29)17-13-18(17)23(30)26-20-4-2-1-3-19(20)25-21(28)12-16-11-14-5-7-15(16)8-6-14/h5,7,14-20,27H,1-4,6,8-13H2,(H,24,29)(H,25,28)(H,26,30)/t14-,15+,16+,17-,18+,19-,20-/m1/s1. The van der Waals surface area contributed by atoms with Crippen LogP contribution in [-0.2, 0) is 14.4 Å². The number of rotatable bonds is 8. The first kappa shape index (κ1) is 21.3. The molecule has 7 nitrogen and oxygen atoms in total. The van der Waals surface area contributed by atoms with Crippen molar-refractivity contribution in [2.75, 3.05) is 13.2 Å². The molecule has 3 fully saturated rings. The van der Waals surface area contributed by atoms with E-state index in [0.29, 0.717) is 30.6 Å². The van der Waals surface area contributed by atoms with Crippen LogP contribution in [0.15, 0.2) is 12.2 Å². The average molecular weight is 418 g/mol. The molecule has 0 aromatic heterocycles. The van der Waals surface area contributed by atoms with E-state index < -0.39 is 0 Å². The third kappa shape index (κ3) is 5.05. The van der Waals surface area contributed by atoms with Gasteiger partial charge in [-0.05, 0) is 56.3 Å². The highest BCUT2D eigenvalue weighted by atomic mass is 16.3. The number of aliphatic hydroxyl groups excluding tert-OH is 1. The normalized spacial score (nSPS) is 36.8. The first-order valence-corrected chi connectivity index (χ1v) is 11.7. The molecule has 5 aliphatic carbocycles. The quantitative estimate of drug-likeness (QED) is 0.446. The van der Waals surface area contributed by atoms with Gasteiger partial charge in [-0.1, -0.05) is 25.0 Å². The van der Waals surface area contributed by atoms with Gasteiger partial charge < -0.3 is 21.1 Å². The third-order valence-corrected chi connectivity index (χ3v) is 7.47. The van der Waals surface area contributed by atoms with Crippen molar-refractivity contribution in [3.8, 4) is 0 Å². The van der Waals surface area contributed by atoms with Crippen LogP contribution >= 0.6 is 0 Å². The number of hydrogen-bond donors (Lipinski definition) is 4. The lowest BCUT2D eigenvalue weighted by Gasteiger charge is -2.38. The van der Waals surface area contributed by atoms with E-state index in [-0.39, 0.29) is 54.8 Å². The second-order valence-corrected chi connectivity index (χ2v) is 9.62. The molecule has 5 aliphatic rings. The van der Waals surface area contributed by atoms with E-state index in [4.69, 9.17) is 5.11 Å². The summed E-state index contributed by atoms with van der Waals surface area (Å²) in [5.74, 6) is 0.944. The van der Waals surface area contributed by atoms with Gasteiger partial charge in [0.1, 0.15) is 0 Å². The molecule has 7 heteroatoms. The Bertz CT molecular complexity index is 694. The van der Waals surface area contributed by atoms with E-state index in [0.717, 1.165) is 32.1 Å². The summed E-state index contributed by atoms with van der Waals surface area (Å²) in [5.41, 5.74) is 0. The van der Waals surface area contributed by atoms with Crippen molar-refractivity contribution >= 4 is 17.7 Å². The second kappa shape index (κ2) is 9.50. The molecular formula is C23H35N3O4. The van der Waals surface area contributed by atoms with Crippen LogP contribution in [0.3, 0.4) is 0 Å². The maximum Gasteiger partial charge on any atom is 0.224 e. The fourth-order valence-electron chi connectivity index (χ4n) is 5.64. The maximum atomic E-state index is 12.8. The fraction of sp³-hybridized carbons (Fsp3) is 0.783. The molecule has 166 valence electrons. The smallest absolute Gasteiger partial charge is 0.224 e. The SMILES string of the molecule is O=C(C[C@@H]1C[C@@H]2C=C[C@H]1CC2)N[C@@H]1CCCC[C@H]1NC(=O)[C@H]1C[C@H]1C(=O)NCCO. The minimum absolute atomic E-state index is 0.0214. The summed E-state index contributed by atoms with van der Waals surface area (Å²) in [4.78, 5) is 37.4. The summed E-state index contributed by atoms with van der Waals surface area (Å²) < 4.78 is 0. The van der Waals surface area contributed by atoms with E-state index >= 15 is 0 Å². The third-order valence-electron chi connectivity index (χ3n) is 7.47. The Balaban J connectivity index is 1.25. The Morgan fingerprint density at radius 3 is 2.23 bits per heavy atom. The number of carbonyl (C=O) groups is 3. The van der Waals surface area contributed by atoms with Crippen molar-refractivity contribution < 1.29 is 19.5 Å². The average Bonchev–Trinajstić information content (AvgIpc) is 3.55. The van der Waals surface area contributed by atoms with Gasteiger partial charge in [-0.25, -0.2) is 0 Å². The predicted molar refractivity (Wildman–Crippen MR) is 112 cm³/mol. The van der Waals surface area contributed by atoms with Gasteiger partial charge in [-0.3, -0.25) is 14.4 Å². The first-order chi connectivity index (χ1) is 14.5. The molecule has 0 aliphatic heterocycles. The first-order valence-electron chi connectivity index (χ1n) is 11.7. The Kier molecular flexibility index (Phi) is 6.76. The van der Waals surface area contributed by atoms with Gasteiger partial charge in [0.05, 0.1) is 18.4 Å². The van der Waals surface area contributed by atoms with E-state index in [1.54, 1.807) is 0 Å². The number of carbonyl (C=O) groups excluding carboxylic acids is 3. The molecule has 0 saturated heterocycles. The molecule has 0 unspecified atom stereocenters. The minimum atomic E-state index is -0.289. The van der Waals surface area contributed by atoms with Crippen LogP contribution in [0, 0.1) is 29.6 Å². The maximum absolute atomic E-state index is 12.8. The Morgan fingerprint density at radius 2 is 1.60 bits per heavy atom. The van der Waals surface area contributed by atoms with Gasteiger partial charge in [0, 0.05) is 25.0 Å². The van der Waals surface area contributed by atoms with Crippen LogP contribution in [0.2, 0.25) is 0 Å². The van der Waals surface area contributed by atoms with Gasteiger partial charge in [0.2, 0.25) is 17.7 Å². The number of fused-ring (bicyclic) bond motifs is 2. The van der Waals surface area contributed by atoms with Crippen molar-refractivity contribution in [2.24, 2.45) is 29.6 Å². The predicted octanol–water partition coefficient (Wildman–Crippen LogP) is 1.27. The molecule has 7 atom stereocenters. The summed E-state index contributed by atoms with van der Waals surface area (Å²) in [6.07, 6.45) is 13.2. The molecule has 3 saturated carbocycles. The lowest BCUT2D eigenvalue weighted by molar-refractivity contribution is -0.128. The van der Waals surface area contributed by atoms with Crippen molar-refractivity contribution in [2.45, 2.75) is 69.9 Å². The monoisotopic (exact) mass is 417 g/mol. The van der Waals surface area contributed by atoms with Crippen molar-refractivity contribution in [1.29, 1.82) is 0 Å². The molecule has 4 N–H and O–H groups in total. The van der Waals surface area contributed by atoms with E-state index in [9.17, 15) is 14.4 Å².